The summed E-state index contributed by atoms with van der Waals surface area (Å²) in [6.45, 7) is 5.83. The normalized spacial score (nSPS) is 19.1. The summed E-state index contributed by atoms with van der Waals surface area (Å²) in [5.41, 5.74) is 1.84. The van der Waals surface area contributed by atoms with E-state index < -0.39 is 17.5 Å². The molecule has 2 aromatic rings. The molecule has 176 valence electrons. The second kappa shape index (κ2) is 9.67. The van der Waals surface area contributed by atoms with Gasteiger partial charge in [-0.25, -0.2) is 14.5 Å². The van der Waals surface area contributed by atoms with Crippen molar-refractivity contribution in [3.05, 3.63) is 89.5 Å². The van der Waals surface area contributed by atoms with E-state index in [0.29, 0.717) is 23.7 Å². The van der Waals surface area contributed by atoms with Crippen molar-refractivity contribution in [2.75, 3.05) is 11.5 Å². The Labute approximate surface area is 200 Å². The standard InChI is InChI=1S/C28H30N2O4/c1-4-34-25(31)22-15-10-16-24(18-22)30-26(32)28(2,3)29(27(30)33)19-23-14-9-8-13-21(23)17-20-11-6-5-7-12-20/h5-11,13-16,18,20H,4,12,17,19H2,1-3H3. The maximum atomic E-state index is 13.5. The van der Waals surface area contributed by atoms with Crippen molar-refractivity contribution in [2.24, 2.45) is 5.92 Å². The van der Waals surface area contributed by atoms with Crippen molar-refractivity contribution >= 4 is 23.6 Å². The minimum absolute atomic E-state index is 0.248. The van der Waals surface area contributed by atoms with Crippen LogP contribution < -0.4 is 4.90 Å². The van der Waals surface area contributed by atoms with Crippen LogP contribution in [0.5, 0.6) is 0 Å². The van der Waals surface area contributed by atoms with Crippen molar-refractivity contribution in [1.82, 2.24) is 4.90 Å². The first-order valence-corrected chi connectivity index (χ1v) is 11.7. The Morgan fingerprint density at radius 1 is 1.06 bits per heavy atom. The van der Waals surface area contributed by atoms with Gasteiger partial charge in [0.25, 0.3) is 5.91 Å². The van der Waals surface area contributed by atoms with E-state index in [-0.39, 0.29) is 12.5 Å². The molecule has 0 aromatic heterocycles. The maximum absolute atomic E-state index is 13.5. The zero-order chi connectivity index (χ0) is 24.3. The number of nitrogens with zero attached hydrogens (tertiary/aromatic N) is 2. The number of amides is 3. The zero-order valence-electron chi connectivity index (χ0n) is 19.9. The molecular weight excluding hydrogens is 428 g/mol. The van der Waals surface area contributed by atoms with E-state index >= 15 is 0 Å². The largest absolute Gasteiger partial charge is 0.462 e. The van der Waals surface area contributed by atoms with E-state index in [1.165, 1.54) is 16.5 Å². The highest BCUT2D eigenvalue weighted by Crippen LogP contribution is 2.34. The molecule has 0 bridgehead atoms. The van der Waals surface area contributed by atoms with Gasteiger partial charge in [-0.15, -0.1) is 0 Å². The fourth-order valence-electron chi connectivity index (χ4n) is 4.46. The van der Waals surface area contributed by atoms with Gasteiger partial charge in [0.1, 0.15) is 5.54 Å². The minimum atomic E-state index is -1.03. The summed E-state index contributed by atoms with van der Waals surface area (Å²) in [6, 6.07) is 14.2. The van der Waals surface area contributed by atoms with Gasteiger partial charge in [-0.1, -0.05) is 54.6 Å². The third-order valence-corrected chi connectivity index (χ3v) is 6.44. The number of rotatable bonds is 7. The minimum Gasteiger partial charge on any atom is -0.462 e. The Morgan fingerprint density at radius 2 is 1.82 bits per heavy atom. The summed E-state index contributed by atoms with van der Waals surface area (Å²) in [7, 11) is 0. The smallest absolute Gasteiger partial charge is 0.338 e. The summed E-state index contributed by atoms with van der Waals surface area (Å²) in [6.07, 6.45) is 10.4. The molecule has 1 atom stereocenters. The first-order valence-electron chi connectivity index (χ1n) is 11.7. The van der Waals surface area contributed by atoms with E-state index in [1.807, 2.05) is 18.2 Å². The summed E-state index contributed by atoms with van der Waals surface area (Å²) >= 11 is 0. The van der Waals surface area contributed by atoms with Crippen molar-refractivity contribution in [2.45, 2.75) is 45.7 Å². The molecule has 1 fully saturated rings. The van der Waals surface area contributed by atoms with Crippen LogP contribution in [0.3, 0.4) is 0 Å². The number of carbonyl (C=O) groups is 3. The number of ether oxygens (including phenoxy) is 1. The molecule has 6 nitrogen and oxygen atoms in total. The van der Waals surface area contributed by atoms with Gasteiger partial charge in [0.15, 0.2) is 0 Å². The van der Waals surface area contributed by atoms with Crippen molar-refractivity contribution in [1.29, 1.82) is 0 Å². The fraction of sp³-hybridized carbons (Fsp3) is 0.321. The second-order valence-corrected chi connectivity index (χ2v) is 9.12. The van der Waals surface area contributed by atoms with E-state index in [1.54, 1.807) is 43.9 Å². The lowest BCUT2D eigenvalue weighted by molar-refractivity contribution is -0.123. The van der Waals surface area contributed by atoms with Crippen LogP contribution in [0.2, 0.25) is 0 Å². The van der Waals surface area contributed by atoms with Gasteiger partial charge in [0.05, 0.1) is 17.9 Å². The number of carbonyl (C=O) groups excluding carboxylic acids is 3. The molecular formula is C28H30N2O4. The van der Waals surface area contributed by atoms with Gasteiger partial charge in [0.2, 0.25) is 0 Å². The van der Waals surface area contributed by atoms with E-state index in [9.17, 15) is 14.4 Å². The van der Waals surface area contributed by atoms with Crippen LogP contribution in [-0.2, 0) is 22.5 Å². The number of hydrogen-bond donors (Lipinski definition) is 0. The van der Waals surface area contributed by atoms with Crippen LogP contribution in [0.25, 0.3) is 0 Å². The molecule has 1 heterocycles. The average Bonchev–Trinajstić information content (AvgIpc) is 3.00. The number of hydrogen-bond acceptors (Lipinski definition) is 4. The van der Waals surface area contributed by atoms with Crippen LogP contribution >= 0.6 is 0 Å². The van der Waals surface area contributed by atoms with Gasteiger partial charge in [0, 0.05) is 6.54 Å². The van der Waals surface area contributed by atoms with E-state index in [2.05, 4.69) is 30.4 Å². The maximum Gasteiger partial charge on any atom is 0.338 e. The number of allylic oxidation sites excluding steroid dienone is 4. The second-order valence-electron chi connectivity index (χ2n) is 9.12. The van der Waals surface area contributed by atoms with Crippen LogP contribution in [0.1, 0.15) is 48.7 Å². The molecule has 2 aliphatic rings. The molecule has 1 saturated heterocycles. The van der Waals surface area contributed by atoms with Crippen LogP contribution in [0.15, 0.2) is 72.8 Å². The van der Waals surface area contributed by atoms with Crippen molar-refractivity contribution in [3.8, 4) is 0 Å². The Kier molecular flexibility index (Phi) is 6.68. The number of urea groups is 1. The van der Waals surface area contributed by atoms with Gasteiger partial charge in [-0.05, 0) is 68.9 Å². The Balaban J connectivity index is 1.60. The Hall–Kier alpha value is -3.67. The summed E-state index contributed by atoms with van der Waals surface area (Å²) in [5, 5.41) is 0. The zero-order valence-corrected chi connectivity index (χ0v) is 19.9. The van der Waals surface area contributed by atoms with Crippen molar-refractivity contribution in [3.63, 3.8) is 0 Å². The molecule has 34 heavy (non-hydrogen) atoms. The van der Waals surface area contributed by atoms with Crippen molar-refractivity contribution < 1.29 is 19.1 Å². The quantitative estimate of drug-likeness (QED) is 0.418. The SMILES string of the molecule is CCOC(=O)c1cccc(N2C(=O)N(Cc3ccccc3CC3C=CC=CC3)C(C)(C)C2=O)c1. The molecule has 0 spiro atoms. The number of benzene rings is 2. The number of imide groups is 1. The third kappa shape index (κ3) is 4.53. The highest BCUT2D eigenvalue weighted by atomic mass is 16.5. The van der Waals surface area contributed by atoms with E-state index in [4.69, 9.17) is 4.74 Å². The van der Waals surface area contributed by atoms with Crippen LogP contribution in [0.4, 0.5) is 10.5 Å². The molecule has 0 N–H and O–H groups in total. The van der Waals surface area contributed by atoms with Gasteiger partial charge in [-0.3, -0.25) is 4.79 Å². The predicted octanol–water partition coefficient (Wildman–Crippen LogP) is 5.29. The molecule has 2 aromatic carbocycles. The number of esters is 1. The molecule has 1 aliphatic heterocycles. The van der Waals surface area contributed by atoms with Gasteiger partial charge in [-0.2, -0.15) is 0 Å². The predicted molar refractivity (Wildman–Crippen MR) is 131 cm³/mol. The topological polar surface area (TPSA) is 66.9 Å². The molecule has 6 heteroatoms. The first-order chi connectivity index (χ1) is 16.3. The third-order valence-electron chi connectivity index (χ3n) is 6.44. The lowest BCUT2D eigenvalue weighted by Gasteiger charge is -2.29. The lowest BCUT2D eigenvalue weighted by Crippen LogP contribution is -2.43. The lowest BCUT2D eigenvalue weighted by atomic mass is 9.90. The highest BCUT2D eigenvalue weighted by Gasteiger charge is 2.51. The fourth-order valence-corrected chi connectivity index (χ4v) is 4.46. The van der Waals surface area contributed by atoms with Crippen LogP contribution in [-0.4, -0.2) is 35.0 Å². The average molecular weight is 459 g/mol. The highest BCUT2D eigenvalue weighted by molar-refractivity contribution is 6.23. The number of anilines is 1. The summed E-state index contributed by atoms with van der Waals surface area (Å²) < 4.78 is 5.07. The molecule has 1 unspecified atom stereocenters. The molecule has 0 saturated carbocycles. The monoisotopic (exact) mass is 458 g/mol. The van der Waals surface area contributed by atoms with Gasteiger partial charge >= 0.3 is 12.0 Å². The van der Waals surface area contributed by atoms with E-state index in [0.717, 1.165) is 18.4 Å². The molecule has 4 rings (SSSR count). The van der Waals surface area contributed by atoms with Crippen LogP contribution in [0, 0.1) is 5.92 Å². The molecule has 1 aliphatic carbocycles. The Morgan fingerprint density at radius 3 is 2.53 bits per heavy atom. The first kappa shape index (κ1) is 23.5. The van der Waals surface area contributed by atoms with Gasteiger partial charge < -0.3 is 9.64 Å². The summed E-state index contributed by atoms with van der Waals surface area (Å²) in [4.78, 5) is 41.9. The Bertz CT molecular complexity index is 1160. The molecule has 0 radical (unpaired) electrons. The summed E-state index contributed by atoms with van der Waals surface area (Å²) in [5.74, 6) is -0.395. The molecule has 3 amide bonds.